The van der Waals surface area contributed by atoms with Crippen LogP contribution >= 0.6 is 12.4 Å². The van der Waals surface area contributed by atoms with Crippen molar-refractivity contribution in [3.8, 4) is 0 Å². The third-order valence-electron chi connectivity index (χ3n) is 2.46. The Morgan fingerprint density at radius 1 is 1.24 bits per heavy atom. The van der Waals surface area contributed by atoms with Crippen LogP contribution in [-0.4, -0.2) is 11.2 Å². The molecule has 2 rings (SSSR count). The molecule has 0 saturated carbocycles. The van der Waals surface area contributed by atoms with Crippen LogP contribution in [0, 0.1) is 0 Å². The summed E-state index contributed by atoms with van der Waals surface area (Å²) in [5, 5.41) is 0.870. The summed E-state index contributed by atoms with van der Waals surface area (Å²) in [5.74, 6) is 0. The van der Waals surface area contributed by atoms with Crippen molar-refractivity contribution in [2.45, 2.75) is 18.6 Å². The van der Waals surface area contributed by atoms with Gasteiger partial charge in [-0.05, 0) is 29.1 Å². The predicted octanol–water partition coefficient (Wildman–Crippen LogP) is 3.54. The number of nitrogens with two attached hydrogens (primary N) is 1. The molecule has 0 aliphatic heterocycles. The van der Waals surface area contributed by atoms with Gasteiger partial charge >= 0.3 is 6.18 Å². The van der Waals surface area contributed by atoms with Gasteiger partial charge in [-0.1, -0.05) is 6.07 Å². The van der Waals surface area contributed by atoms with Gasteiger partial charge in [0.15, 0.2) is 0 Å². The van der Waals surface area contributed by atoms with E-state index in [2.05, 4.69) is 4.98 Å². The summed E-state index contributed by atoms with van der Waals surface area (Å²) in [5.41, 5.74) is 6.91. The molecule has 6 heteroatoms. The topological polar surface area (TPSA) is 41.8 Å². The average Bonchev–Trinajstić information content (AvgIpc) is 2.61. The van der Waals surface area contributed by atoms with Crippen molar-refractivity contribution in [2.24, 2.45) is 5.73 Å². The van der Waals surface area contributed by atoms with E-state index in [0.717, 1.165) is 10.9 Å². The number of nitrogens with one attached hydrogen (secondary N) is 1. The van der Waals surface area contributed by atoms with Crippen LogP contribution in [0.1, 0.15) is 18.0 Å². The molecule has 1 aromatic carbocycles. The lowest BCUT2D eigenvalue weighted by atomic mass is 10.0. The van der Waals surface area contributed by atoms with Crippen LogP contribution in [0.4, 0.5) is 13.2 Å². The highest BCUT2D eigenvalue weighted by molar-refractivity contribution is 5.85. The zero-order chi connectivity index (χ0) is 11.8. The first-order valence-electron chi connectivity index (χ1n) is 4.85. The molecule has 1 atom stereocenters. The Labute approximate surface area is 102 Å². The van der Waals surface area contributed by atoms with Crippen LogP contribution in [0.3, 0.4) is 0 Å². The van der Waals surface area contributed by atoms with E-state index in [4.69, 9.17) is 5.73 Å². The molecule has 2 nitrogen and oxygen atoms in total. The summed E-state index contributed by atoms with van der Waals surface area (Å²) in [6.45, 7) is 0. The van der Waals surface area contributed by atoms with E-state index < -0.39 is 18.6 Å². The molecule has 0 aliphatic carbocycles. The minimum Gasteiger partial charge on any atom is -0.361 e. The molecule has 0 unspecified atom stereocenters. The number of aromatic amines is 1. The molecule has 0 radical (unpaired) electrons. The highest BCUT2D eigenvalue weighted by Gasteiger charge is 2.30. The van der Waals surface area contributed by atoms with Gasteiger partial charge < -0.3 is 10.7 Å². The molecule has 2 aromatic rings. The van der Waals surface area contributed by atoms with Crippen molar-refractivity contribution in [1.29, 1.82) is 0 Å². The molecule has 0 spiro atoms. The molecule has 94 valence electrons. The fraction of sp³-hybridized carbons (Fsp3) is 0.273. The van der Waals surface area contributed by atoms with E-state index in [1.807, 2.05) is 0 Å². The molecule has 17 heavy (non-hydrogen) atoms. The summed E-state index contributed by atoms with van der Waals surface area (Å²) in [7, 11) is 0. The van der Waals surface area contributed by atoms with Crippen LogP contribution in [-0.2, 0) is 0 Å². The Balaban J connectivity index is 0.00000144. The number of hydrogen-bond acceptors (Lipinski definition) is 1. The maximum Gasteiger partial charge on any atom is 0.390 e. The minimum atomic E-state index is -4.23. The standard InChI is InChI=1S/C11H11F3N2.ClH/c12-11(13,14)6-9(15)7-1-2-10-8(5-7)3-4-16-10;/h1-5,9,16H,6,15H2;1H/t9-;/m0./s1. The van der Waals surface area contributed by atoms with Gasteiger partial charge in [0.1, 0.15) is 0 Å². The van der Waals surface area contributed by atoms with Gasteiger partial charge in [0.05, 0.1) is 6.42 Å². The lowest BCUT2D eigenvalue weighted by molar-refractivity contribution is -0.138. The second-order valence-electron chi connectivity index (χ2n) is 3.75. The minimum absolute atomic E-state index is 0. The molecule has 0 amide bonds. The van der Waals surface area contributed by atoms with E-state index in [-0.39, 0.29) is 12.4 Å². The van der Waals surface area contributed by atoms with Gasteiger partial charge in [0.2, 0.25) is 0 Å². The Hall–Kier alpha value is -1.20. The normalized spacial score (nSPS) is 13.4. The number of hydrogen-bond donors (Lipinski definition) is 2. The average molecular weight is 265 g/mol. The quantitative estimate of drug-likeness (QED) is 0.856. The van der Waals surface area contributed by atoms with Crippen molar-refractivity contribution < 1.29 is 13.2 Å². The molecule has 0 fully saturated rings. The van der Waals surface area contributed by atoms with Gasteiger partial charge in [-0.15, -0.1) is 12.4 Å². The fourth-order valence-corrected chi connectivity index (χ4v) is 1.67. The Morgan fingerprint density at radius 3 is 2.59 bits per heavy atom. The number of rotatable bonds is 2. The summed E-state index contributed by atoms with van der Waals surface area (Å²) in [4.78, 5) is 2.97. The smallest absolute Gasteiger partial charge is 0.361 e. The molecule has 3 N–H and O–H groups in total. The maximum absolute atomic E-state index is 12.2. The van der Waals surface area contributed by atoms with Crippen LogP contribution in [0.5, 0.6) is 0 Å². The molecule has 0 aliphatic rings. The lowest BCUT2D eigenvalue weighted by Crippen LogP contribution is -2.20. The maximum atomic E-state index is 12.2. The first-order valence-corrected chi connectivity index (χ1v) is 4.85. The van der Waals surface area contributed by atoms with Crippen molar-refractivity contribution in [2.75, 3.05) is 0 Å². The first kappa shape index (κ1) is 13.9. The van der Waals surface area contributed by atoms with Crippen molar-refractivity contribution in [3.63, 3.8) is 0 Å². The molecule has 0 bridgehead atoms. The van der Waals surface area contributed by atoms with Crippen LogP contribution in [0.15, 0.2) is 30.5 Å². The number of halogens is 4. The van der Waals surface area contributed by atoms with E-state index in [1.165, 1.54) is 0 Å². The van der Waals surface area contributed by atoms with E-state index in [9.17, 15) is 13.2 Å². The fourth-order valence-electron chi connectivity index (χ4n) is 1.67. The zero-order valence-electron chi connectivity index (χ0n) is 8.79. The highest BCUT2D eigenvalue weighted by atomic mass is 35.5. The predicted molar refractivity (Wildman–Crippen MR) is 63.1 cm³/mol. The molecule has 1 heterocycles. The molecule has 1 aromatic heterocycles. The Kier molecular flexibility index (Phi) is 4.06. The van der Waals surface area contributed by atoms with Crippen molar-refractivity contribution >= 4 is 23.3 Å². The summed E-state index contributed by atoms with van der Waals surface area (Å²) < 4.78 is 36.5. The van der Waals surface area contributed by atoms with E-state index in [1.54, 1.807) is 30.5 Å². The Morgan fingerprint density at radius 2 is 1.94 bits per heavy atom. The van der Waals surface area contributed by atoms with Crippen molar-refractivity contribution in [3.05, 3.63) is 36.0 Å². The van der Waals surface area contributed by atoms with E-state index >= 15 is 0 Å². The second kappa shape index (κ2) is 4.98. The second-order valence-corrected chi connectivity index (χ2v) is 3.75. The van der Waals surface area contributed by atoms with Crippen LogP contribution in [0.25, 0.3) is 10.9 Å². The number of benzene rings is 1. The van der Waals surface area contributed by atoms with E-state index in [0.29, 0.717) is 5.56 Å². The number of H-pyrrole nitrogens is 1. The van der Waals surface area contributed by atoms with Gasteiger partial charge in [0, 0.05) is 17.8 Å². The van der Waals surface area contributed by atoms with Gasteiger partial charge in [0.25, 0.3) is 0 Å². The third-order valence-corrected chi connectivity index (χ3v) is 2.46. The monoisotopic (exact) mass is 264 g/mol. The SMILES string of the molecule is Cl.N[C@@H](CC(F)(F)F)c1ccc2[nH]ccc2c1. The summed E-state index contributed by atoms with van der Waals surface area (Å²) in [6.07, 6.45) is -3.49. The number of alkyl halides is 3. The van der Waals surface area contributed by atoms with Gasteiger partial charge in [-0.25, -0.2) is 0 Å². The Bertz CT molecular complexity index is 493. The number of fused-ring (bicyclic) bond motifs is 1. The van der Waals surface area contributed by atoms with Gasteiger partial charge in [-0.3, -0.25) is 0 Å². The summed E-state index contributed by atoms with van der Waals surface area (Å²) >= 11 is 0. The molecule has 0 saturated heterocycles. The molecular formula is C11H12ClF3N2. The largest absolute Gasteiger partial charge is 0.390 e. The summed E-state index contributed by atoms with van der Waals surface area (Å²) in [6, 6.07) is 5.84. The van der Waals surface area contributed by atoms with Crippen molar-refractivity contribution in [1.82, 2.24) is 4.98 Å². The lowest BCUT2D eigenvalue weighted by Gasteiger charge is -2.14. The van der Waals surface area contributed by atoms with Crippen LogP contribution in [0.2, 0.25) is 0 Å². The molecular weight excluding hydrogens is 253 g/mol. The third kappa shape index (κ3) is 3.38. The van der Waals surface area contributed by atoms with Crippen LogP contribution < -0.4 is 5.73 Å². The first-order chi connectivity index (χ1) is 7.46. The van der Waals surface area contributed by atoms with Gasteiger partial charge in [-0.2, -0.15) is 13.2 Å². The number of aromatic nitrogens is 1. The highest BCUT2D eigenvalue weighted by Crippen LogP contribution is 2.29. The zero-order valence-corrected chi connectivity index (χ0v) is 9.61.